The lowest BCUT2D eigenvalue weighted by atomic mass is 9.66. The second kappa shape index (κ2) is 5.51. The molecule has 0 amide bonds. The second-order valence-electron chi connectivity index (χ2n) is 7.28. The molecule has 4 nitrogen and oxygen atoms in total. The first-order valence-electron chi connectivity index (χ1n) is 7.32. The molecule has 0 atom stereocenters. The number of aryl methyl sites for hydroxylation is 1. The van der Waals surface area contributed by atoms with Gasteiger partial charge in [-0.3, -0.25) is 0 Å². The van der Waals surface area contributed by atoms with Gasteiger partial charge in [-0.05, 0) is 29.7 Å². The Bertz CT molecular complexity index is 592. The Kier molecular flexibility index (Phi) is 4.08. The Morgan fingerprint density at radius 3 is 1.81 bits per heavy atom. The minimum atomic E-state index is 0.234. The number of aromatic nitrogens is 4. The molecule has 0 aliphatic rings. The molecular weight excluding hydrogens is 260 g/mol. The summed E-state index contributed by atoms with van der Waals surface area (Å²) in [6, 6.07) is 8.38. The van der Waals surface area contributed by atoms with Crippen molar-refractivity contribution < 1.29 is 0 Å². The first-order chi connectivity index (χ1) is 9.69. The van der Waals surface area contributed by atoms with E-state index in [2.05, 4.69) is 67.1 Å². The maximum atomic E-state index is 4.07. The van der Waals surface area contributed by atoms with Crippen LogP contribution in [0.4, 0.5) is 0 Å². The van der Waals surface area contributed by atoms with Crippen LogP contribution < -0.4 is 0 Å². The van der Waals surface area contributed by atoms with E-state index in [1.807, 2.05) is 12.1 Å². The van der Waals surface area contributed by atoms with Crippen LogP contribution in [0.3, 0.4) is 0 Å². The van der Waals surface area contributed by atoms with Gasteiger partial charge in [0.2, 0.25) is 5.82 Å². The van der Waals surface area contributed by atoms with Crippen molar-refractivity contribution in [2.45, 2.75) is 48.0 Å². The van der Waals surface area contributed by atoms with Gasteiger partial charge in [-0.15, -0.1) is 20.4 Å². The Balaban J connectivity index is 2.18. The van der Waals surface area contributed by atoms with Crippen LogP contribution >= 0.6 is 0 Å². The molecular formula is C17H24N4. The van der Waals surface area contributed by atoms with Gasteiger partial charge in [0.25, 0.3) is 0 Å². The van der Waals surface area contributed by atoms with Crippen molar-refractivity contribution in [2.75, 3.05) is 0 Å². The van der Waals surface area contributed by atoms with E-state index in [0.717, 1.165) is 12.0 Å². The van der Waals surface area contributed by atoms with Crippen LogP contribution in [0.2, 0.25) is 0 Å². The van der Waals surface area contributed by atoms with Gasteiger partial charge in [0.15, 0.2) is 5.82 Å². The highest BCUT2D eigenvalue weighted by Gasteiger charge is 2.32. The number of hydrogen-bond donors (Lipinski definition) is 0. The molecule has 21 heavy (non-hydrogen) atoms. The van der Waals surface area contributed by atoms with Crippen LogP contribution in [0.25, 0.3) is 11.4 Å². The Morgan fingerprint density at radius 2 is 1.33 bits per heavy atom. The molecule has 1 aromatic carbocycles. The van der Waals surface area contributed by atoms with Crippen molar-refractivity contribution in [3.8, 4) is 11.4 Å². The van der Waals surface area contributed by atoms with Gasteiger partial charge < -0.3 is 0 Å². The van der Waals surface area contributed by atoms with Crippen molar-refractivity contribution in [3.63, 3.8) is 0 Å². The van der Waals surface area contributed by atoms with Crippen LogP contribution in [0, 0.1) is 17.8 Å². The summed E-state index contributed by atoms with van der Waals surface area (Å²) in [5.41, 5.74) is 2.77. The zero-order valence-corrected chi connectivity index (χ0v) is 13.8. The number of nitrogens with zero attached hydrogens (tertiary/aromatic N) is 4. The smallest absolute Gasteiger partial charge is 0.131 e. The van der Waals surface area contributed by atoms with E-state index in [4.69, 9.17) is 0 Å². The van der Waals surface area contributed by atoms with Crippen LogP contribution in [-0.2, 0) is 6.42 Å². The van der Waals surface area contributed by atoms with E-state index < -0.39 is 0 Å². The Hall–Kier alpha value is -1.84. The topological polar surface area (TPSA) is 51.6 Å². The molecule has 0 fully saturated rings. The maximum Gasteiger partial charge on any atom is 0.203 e. The molecule has 1 heterocycles. The molecule has 1 aromatic heterocycles. The molecule has 112 valence electrons. The summed E-state index contributed by atoms with van der Waals surface area (Å²) in [5.74, 6) is 1.16. The van der Waals surface area contributed by atoms with E-state index in [0.29, 0.717) is 11.6 Å². The highest BCUT2D eigenvalue weighted by Crippen LogP contribution is 2.40. The summed E-state index contributed by atoms with van der Waals surface area (Å²) in [7, 11) is 0. The minimum absolute atomic E-state index is 0.234. The van der Waals surface area contributed by atoms with Crippen molar-refractivity contribution in [2.24, 2.45) is 10.8 Å². The maximum absolute atomic E-state index is 4.07. The lowest BCUT2D eigenvalue weighted by molar-refractivity contribution is 0.132. The number of hydrogen-bond acceptors (Lipinski definition) is 4. The average Bonchev–Trinajstić information content (AvgIpc) is 2.39. The molecule has 0 saturated carbocycles. The fraction of sp³-hybridized carbons (Fsp3) is 0.529. The molecule has 0 saturated heterocycles. The molecule has 0 radical (unpaired) electrons. The van der Waals surface area contributed by atoms with Crippen molar-refractivity contribution >= 4 is 0 Å². The van der Waals surface area contributed by atoms with E-state index >= 15 is 0 Å². The summed E-state index contributed by atoms with van der Waals surface area (Å²) in [6.45, 7) is 13.3. The van der Waals surface area contributed by atoms with Crippen LogP contribution in [0.15, 0.2) is 24.3 Å². The van der Waals surface area contributed by atoms with Gasteiger partial charge in [0, 0.05) is 5.56 Å². The molecule has 0 bridgehead atoms. The molecule has 0 aliphatic heterocycles. The molecule has 4 heteroatoms. The third kappa shape index (κ3) is 3.63. The van der Waals surface area contributed by atoms with Crippen LogP contribution in [0.5, 0.6) is 0 Å². The summed E-state index contributed by atoms with van der Waals surface area (Å²) in [6.07, 6.45) is 1.04. The fourth-order valence-electron chi connectivity index (χ4n) is 1.94. The molecule has 0 unspecified atom stereocenters. The first kappa shape index (κ1) is 15.5. The fourth-order valence-corrected chi connectivity index (χ4v) is 1.94. The SMILES string of the molecule is Cc1nnc(-c2ccc(CC(C)(C)C(C)(C)C)cc2)nn1. The number of benzene rings is 1. The number of rotatable bonds is 3. The van der Waals surface area contributed by atoms with Crippen molar-refractivity contribution in [3.05, 3.63) is 35.7 Å². The summed E-state index contributed by atoms with van der Waals surface area (Å²) in [5, 5.41) is 16.0. The predicted molar refractivity (Wildman–Crippen MR) is 84.7 cm³/mol. The third-order valence-electron chi connectivity index (χ3n) is 4.47. The van der Waals surface area contributed by atoms with Gasteiger partial charge in [0.05, 0.1) is 0 Å². The van der Waals surface area contributed by atoms with E-state index in [1.165, 1.54) is 5.56 Å². The minimum Gasteiger partial charge on any atom is -0.131 e. The largest absolute Gasteiger partial charge is 0.203 e. The lowest BCUT2D eigenvalue weighted by Gasteiger charge is -2.39. The molecule has 0 spiro atoms. The third-order valence-corrected chi connectivity index (χ3v) is 4.47. The quantitative estimate of drug-likeness (QED) is 0.859. The van der Waals surface area contributed by atoms with Crippen molar-refractivity contribution in [1.82, 2.24) is 20.4 Å². The Labute approximate surface area is 127 Å². The Morgan fingerprint density at radius 1 is 0.810 bits per heavy atom. The van der Waals surface area contributed by atoms with Crippen LogP contribution in [-0.4, -0.2) is 20.4 Å². The standard InChI is InChI=1S/C17H24N4/c1-12-18-20-15(21-19-12)14-9-7-13(8-10-14)11-17(5,6)16(2,3)4/h7-10H,11H2,1-6H3. The molecule has 2 rings (SSSR count). The molecule has 0 N–H and O–H groups in total. The van der Waals surface area contributed by atoms with Gasteiger partial charge in [0.1, 0.15) is 0 Å². The van der Waals surface area contributed by atoms with Gasteiger partial charge in [-0.2, -0.15) is 0 Å². The summed E-state index contributed by atoms with van der Waals surface area (Å²) >= 11 is 0. The van der Waals surface area contributed by atoms with Gasteiger partial charge >= 0.3 is 0 Å². The zero-order chi connectivity index (χ0) is 15.7. The highest BCUT2D eigenvalue weighted by atomic mass is 15.3. The van der Waals surface area contributed by atoms with E-state index in [-0.39, 0.29) is 10.8 Å². The van der Waals surface area contributed by atoms with Gasteiger partial charge in [-0.25, -0.2) is 0 Å². The molecule has 0 aliphatic carbocycles. The van der Waals surface area contributed by atoms with Gasteiger partial charge in [-0.1, -0.05) is 58.9 Å². The lowest BCUT2D eigenvalue weighted by Crippen LogP contribution is -2.31. The first-order valence-corrected chi connectivity index (χ1v) is 7.32. The predicted octanol–water partition coefficient (Wildman–Crippen LogP) is 3.86. The highest BCUT2D eigenvalue weighted by molar-refractivity contribution is 5.54. The monoisotopic (exact) mass is 284 g/mol. The summed E-state index contributed by atoms with van der Waals surface area (Å²) in [4.78, 5) is 0. The summed E-state index contributed by atoms with van der Waals surface area (Å²) < 4.78 is 0. The zero-order valence-electron chi connectivity index (χ0n) is 13.8. The average molecular weight is 284 g/mol. The van der Waals surface area contributed by atoms with E-state index in [9.17, 15) is 0 Å². The van der Waals surface area contributed by atoms with Crippen molar-refractivity contribution in [1.29, 1.82) is 0 Å². The van der Waals surface area contributed by atoms with Crippen LogP contribution in [0.1, 0.15) is 46.0 Å². The molecule has 2 aromatic rings. The normalized spacial score (nSPS) is 12.5. The van der Waals surface area contributed by atoms with E-state index in [1.54, 1.807) is 6.92 Å². The second-order valence-corrected chi connectivity index (χ2v) is 7.28.